The van der Waals surface area contributed by atoms with Crippen LogP contribution in [-0.4, -0.2) is 69.8 Å². The summed E-state index contributed by atoms with van der Waals surface area (Å²) in [6.07, 6.45) is 0.857. The number of carbonyl (C=O) groups excluding carboxylic acids is 5. The van der Waals surface area contributed by atoms with Gasteiger partial charge in [-0.15, -0.1) is 0 Å². The van der Waals surface area contributed by atoms with Gasteiger partial charge in [-0.2, -0.15) is 0 Å². The summed E-state index contributed by atoms with van der Waals surface area (Å²) in [5, 5.41) is 17.3. The Labute approximate surface area is 224 Å². The van der Waals surface area contributed by atoms with Crippen molar-refractivity contribution in [2.45, 2.75) is 63.7 Å². The van der Waals surface area contributed by atoms with E-state index in [9.17, 15) is 33.9 Å². The second kappa shape index (κ2) is 13.9. The zero-order valence-electron chi connectivity index (χ0n) is 21.7. The molecule has 0 fully saturated rings. The highest BCUT2D eigenvalue weighted by Crippen LogP contribution is 2.19. The molecular weight excluding hydrogens is 510 g/mol. The minimum absolute atomic E-state index is 0.103. The monoisotopic (exact) mass is 545 g/mol. The highest BCUT2D eigenvalue weighted by atomic mass is 16.4. The Morgan fingerprint density at radius 3 is 2.00 bits per heavy atom. The number of aromatic nitrogens is 1. The topological polar surface area (TPSA) is 253 Å². The van der Waals surface area contributed by atoms with Crippen LogP contribution in [0.3, 0.4) is 0 Å². The molecule has 2 rings (SSSR count). The van der Waals surface area contributed by atoms with Crippen LogP contribution >= 0.6 is 0 Å². The van der Waals surface area contributed by atoms with E-state index in [-0.39, 0.29) is 12.3 Å². The minimum Gasteiger partial charge on any atom is -0.480 e. The van der Waals surface area contributed by atoms with Crippen molar-refractivity contribution in [3.05, 3.63) is 36.0 Å². The van der Waals surface area contributed by atoms with Gasteiger partial charge in [0.15, 0.2) is 0 Å². The van der Waals surface area contributed by atoms with Gasteiger partial charge in [-0.1, -0.05) is 38.5 Å². The average Bonchev–Trinajstić information content (AvgIpc) is 3.28. The van der Waals surface area contributed by atoms with E-state index >= 15 is 0 Å². The molecule has 0 aliphatic heterocycles. The second-order valence-corrected chi connectivity index (χ2v) is 9.34. The number of nitrogens with one attached hydrogen (secondary N) is 4. The van der Waals surface area contributed by atoms with Gasteiger partial charge in [-0.3, -0.25) is 24.0 Å². The number of rotatable bonds is 15. The van der Waals surface area contributed by atoms with Gasteiger partial charge in [-0.05, 0) is 17.5 Å². The Kier molecular flexibility index (Phi) is 11.0. The lowest BCUT2D eigenvalue weighted by Crippen LogP contribution is -2.58. The number of carboxylic acid groups (broad SMARTS) is 1. The Hall–Kier alpha value is -4.46. The molecule has 5 amide bonds. The third kappa shape index (κ3) is 8.81. The molecule has 39 heavy (non-hydrogen) atoms. The molecule has 14 heteroatoms. The Balaban J connectivity index is 2.35. The lowest BCUT2D eigenvalue weighted by molar-refractivity contribution is -0.143. The Morgan fingerprint density at radius 1 is 0.872 bits per heavy atom. The van der Waals surface area contributed by atoms with Crippen LogP contribution < -0.4 is 33.2 Å². The van der Waals surface area contributed by atoms with E-state index in [4.69, 9.17) is 17.2 Å². The third-order valence-electron chi connectivity index (χ3n) is 6.35. The first-order valence-corrected chi connectivity index (χ1v) is 12.3. The summed E-state index contributed by atoms with van der Waals surface area (Å²) in [5.41, 5.74) is 17.7. The summed E-state index contributed by atoms with van der Waals surface area (Å²) in [6.45, 7) is 3.59. The van der Waals surface area contributed by atoms with Crippen molar-refractivity contribution >= 4 is 46.4 Å². The van der Waals surface area contributed by atoms with Crippen LogP contribution in [0.15, 0.2) is 30.5 Å². The largest absolute Gasteiger partial charge is 0.480 e. The van der Waals surface area contributed by atoms with E-state index in [1.54, 1.807) is 37.4 Å². The van der Waals surface area contributed by atoms with Crippen LogP contribution in [-0.2, 0) is 35.2 Å². The van der Waals surface area contributed by atoms with Crippen molar-refractivity contribution in [3.8, 4) is 0 Å². The first-order valence-electron chi connectivity index (χ1n) is 12.3. The normalized spacial score (nSPS) is 14.8. The summed E-state index contributed by atoms with van der Waals surface area (Å²) in [4.78, 5) is 76.6. The van der Waals surface area contributed by atoms with Gasteiger partial charge in [0.1, 0.15) is 18.1 Å². The fraction of sp³-hybridized carbons (Fsp3) is 0.440. The number of hydrogen-bond acceptors (Lipinski definition) is 7. The van der Waals surface area contributed by atoms with Crippen LogP contribution in [0, 0.1) is 5.92 Å². The van der Waals surface area contributed by atoms with Crippen molar-refractivity contribution in [1.29, 1.82) is 0 Å². The number of fused-ring (bicyclic) bond motifs is 1. The molecule has 1 aromatic heterocycles. The van der Waals surface area contributed by atoms with Crippen molar-refractivity contribution in [2.75, 3.05) is 0 Å². The number of aliphatic carboxylic acids is 1. The highest BCUT2D eigenvalue weighted by Gasteiger charge is 2.32. The van der Waals surface area contributed by atoms with Gasteiger partial charge < -0.3 is 43.2 Å². The van der Waals surface area contributed by atoms with Gasteiger partial charge in [0.2, 0.25) is 29.5 Å². The molecule has 2 aromatic rings. The van der Waals surface area contributed by atoms with Crippen molar-refractivity contribution in [3.63, 3.8) is 0 Å². The van der Waals surface area contributed by atoms with E-state index in [1.807, 2.05) is 6.92 Å². The molecule has 5 unspecified atom stereocenters. The molecule has 212 valence electrons. The second-order valence-electron chi connectivity index (χ2n) is 9.34. The minimum atomic E-state index is -1.65. The smallest absolute Gasteiger partial charge is 0.326 e. The van der Waals surface area contributed by atoms with Gasteiger partial charge in [0.05, 0.1) is 18.9 Å². The van der Waals surface area contributed by atoms with Crippen molar-refractivity contribution in [2.24, 2.45) is 23.1 Å². The lowest BCUT2D eigenvalue weighted by atomic mass is 9.98. The molecule has 14 nitrogen and oxygen atoms in total. The standard InChI is InChI=1S/C25H35N7O7/c1-3-12(2)21(28)24(37)31-17(9-19(26)33)23(36)30-16(22(35)32-18(25(38)39)10-20(27)34)8-13-11-29-15-7-5-4-6-14(13)15/h4-7,11-12,16-18,21,29H,3,8-10,28H2,1-2H3,(H2,26,33)(H2,27,34)(H,30,36)(H,31,37)(H,32,35)(H,38,39). The predicted molar refractivity (Wildman–Crippen MR) is 140 cm³/mol. The molecule has 0 bridgehead atoms. The molecule has 1 aromatic carbocycles. The molecule has 5 atom stereocenters. The summed E-state index contributed by atoms with van der Waals surface area (Å²) >= 11 is 0. The molecule has 0 saturated heterocycles. The van der Waals surface area contributed by atoms with Crippen LogP contribution in [0.1, 0.15) is 38.7 Å². The highest BCUT2D eigenvalue weighted by molar-refractivity contribution is 5.97. The number of aromatic amines is 1. The van der Waals surface area contributed by atoms with Gasteiger partial charge >= 0.3 is 5.97 Å². The fourth-order valence-corrected chi connectivity index (χ4v) is 3.87. The molecule has 0 spiro atoms. The predicted octanol–water partition coefficient (Wildman–Crippen LogP) is -1.63. The van der Waals surface area contributed by atoms with Gasteiger partial charge in [0, 0.05) is 23.5 Å². The summed E-state index contributed by atoms with van der Waals surface area (Å²) < 4.78 is 0. The molecule has 0 radical (unpaired) electrons. The number of primary amides is 2. The Morgan fingerprint density at radius 2 is 1.41 bits per heavy atom. The Bertz CT molecular complexity index is 1230. The van der Waals surface area contributed by atoms with Gasteiger partial charge in [-0.25, -0.2) is 4.79 Å². The maximum absolute atomic E-state index is 13.2. The van der Waals surface area contributed by atoms with Crippen LogP contribution in [0.4, 0.5) is 0 Å². The van der Waals surface area contributed by atoms with E-state index in [2.05, 4.69) is 20.9 Å². The molecule has 1 heterocycles. The van der Waals surface area contributed by atoms with Gasteiger partial charge in [0.25, 0.3) is 0 Å². The van der Waals surface area contributed by atoms with Crippen LogP contribution in [0.25, 0.3) is 10.9 Å². The van der Waals surface area contributed by atoms with Crippen molar-refractivity contribution < 1.29 is 33.9 Å². The third-order valence-corrected chi connectivity index (χ3v) is 6.35. The number of benzene rings is 1. The zero-order valence-corrected chi connectivity index (χ0v) is 21.7. The average molecular weight is 546 g/mol. The maximum Gasteiger partial charge on any atom is 0.326 e. The number of nitrogens with two attached hydrogens (primary N) is 3. The first kappa shape index (κ1) is 30.8. The number of H-pyrrole nitrogens is 1. The summed E-state index contributed by atoms with van der Waals surface area (Å²) in [7, 11) is 0. The quantitative estimate of drug-likeness (QED) is 0.129. The summed E-state index contributed by atoms with van der Waals surface area (Å²) in [5.74, 6) is -6.10. The molecule has 11 N–H and O–H groups in total. The van der Waals surface area contributed by atoms with Crippen LogP contribution in [0.2, 0.25) is 0 Å². The molecule has 0 aliphatic rings. The molecule has 0 saturated carbocycles. The van der Waals surface area contributed by atoms with E-state index in [0.29, 0.717) is 12.0 Å². The maximum atomic E-state index is 13.2. The first-order chi connectivity index (χ1) is 18.3. The van der Waals surface area contributed by atoms with E-state index in [1.165, 1.54) is 0 Å². The van der Waals surface area contributed by atoms with E-state index in [0.717, 1.165) is 10.9 Å². The number of hydrogen-bond donors (Lipinski definition) is 8. The lowest BCUT2D eigenvalue weighted by Gasteiger charge is -2.25. The molecular formula is C25H35N7O7. The SMILES string of the molecule is CCC(C)C(N)C(=O)NC(CC(N)=O)C(=O)NC(Cc1c[nH]c2ccccc12)C(=O)NC(CC(N)=O)C(=O)O. The van der Waals surface area contributed by atoms with E-state index < -0.39 is 72.5 Å². The summed E-state index contributed by atoms with van der Waals surface area (Å²) in [6, 6.07) is 1.74. The zero-order chi connectivity index (χ0) is 29.3. The van der Waals surface area contributed by atoms with Crippen LogP contribution in [0.5, 0.6) is 0 Å². The fourth-order valence-electron chi connectivity index (χ4n) is 3.87. The number of para-hydroxylation sites is 1. The number of amides is 5. The van der Waals surface area contributed by atoms with Crippen molar-refractivity contribution in [1.82, 2.24) is 20.9 Å². The number of carboxylic acids is 1. The molecule has 0 aliphatic carbocycles. The number of carbonyl (C=O) groups is 6.